The number of benzene rings is 1. The molecule has 0 aliphatic carbocycles. The van der Waals surface area contributed by atoms with E-state index in [1.165, 1.54) is 6.42 Å². The average Bonchev–Trinajstić information content (AvgIpc) is 2.58. The number of likely N-dealkylation sites (N-methyl/N-ethyl adjacent to an activating group) is 1. The second-order valence-electron chi connectivity index (χ2n) is 6.26. The normalized spacial score (nSPS) is 18.0. The van der Waals surface area contributed by atoms with Crippen molar-refractivity contribution in [2.24, 2.45) is 16.6 Å². The Hall–Kier alpha value is -1.31. The molecule has 0 spiro atoms. The van der Waals surface area contributed by atoms with Crippen molar-refractivity contribution >= 4 is 35.8 Å². The second kappa shape index (κ2) is 10.5. The highest BCUT2D eigenvalue weighted by molar-refractivity contribution is 14.0. The van der Waals surface area contributed by atoms with E-state index in [1.807, 2.05) is 42.2 Å². The fourth-order valence-electron chi connectivity index (χ4n) is 2.93. The highest BCUT2D eigenvalue weighted by atomic mass is 127. The third-order valence-corrected chi connectivity index (χ3v) is 4.31. The molecule has 6 heteroatoms. The Kier molecular flexibility index (Phi) is 9.10. The van der Waals surface area contributed by atoms with Gasteiger partial charge in [0.1, 0.15) is 6.54 Å². The number of nitrogens with zero attached hydrogens (tertiary/aromatic N) is 3. The largest absolute Gasteiger partial charge is 0.370 e. The number of rotatable bonds is 5. The number of carbonyl (C=O) groups is 1. The number of amides is 1. The van der Waals surface area contributed by atoms with Gasteiger partial charge in [0.25, 0.3) is 0 Å². The molecule has 1 aromatic carbocycles. The van der Waals surface area contributed by atoms with Crippen LogP contribution in [0, 0.1) is 5.92 Å². The maximum absolute atomic E-state index is 12.4. The summed E-state index contributed by atoms with van der Waals surface area (Å²) in [4.78, 5) is 20.6. The predicted octanol–water partition coefficient (Wildman–Crippen LogP) is 2.70. The summed E-state index contributed by atoms with van der Waals surface area (Å²) in [5.41, 5.74) is 7.19. The molecule has 1 aromatic rings. The van der Waals surface area contributed by atoms with Gasteiger partial charge in [0.15, 0.2) is 5.96 Å². The quantitative estimate of drug-likeness (QED) is 0.432. The minimum Gasteiger partial charge on any atom is -0.370 e. The Labute approximate surface area is 162 Å². The van der Waals surface area contributed by atoms with Crippen LogP contribution in [0.2, 0.25) is 0 Å². The molecule has 0 aromatic heterocycles. The number of halogens is 1. The zero-order chi connectivity index (χ0) is 16.7. The Bertz CT molecular complexity index is 535. The first-order valence-electron chi connectivity index (χ1n) is 8.46. The summed E-state index contributed by atoms with van der Waals surface area (Å²) < 4.78 is 0. The fourth-order valence-corrected chi connectivity index (χ4v) is 2.93. The van der Waals surface area contributed by atoms with Crippen LogP contribution in [-0.4, -0.2) is 47.8 Å². The van der Waals surface area contributed by atoms with Gasteiger partial charge in [-0.1, -0.05) is 37.3 Å². The summed E-state index contributed by atoms with van der Waals surface area (Å²) in [6, 6.07) is 10.0. The molecule has 5 nitrogen and oxygen atoms in total. The van der Waals surface area contributed by atoms with Gasteiger partial charge in [0.2, 0.25) is 5.91 Å². The lowest BCUT2D eigenvalue weighted by atomic mass is 10.0. The topological polar surface area (TPSA) is 61.9 Å². The van der Waals surface area contributed by atoms with Crippen LogP contribution in [0.5, 0.6) is 0 Å². The average molecular weight is 444 g/mol. The SMILES string of the molecule is CCN(Cc1ccccc1)C(=O)CN=C(N)N1CCCC(C)C1.I. The summed E-state index contributed by atoms with van der Waals surface area (Å²) in [6.07, 6.45) is 2.38. The molecule has 2 N–H and O–H groups in total. The number of aliphatic imine (C=N–C) groups is 1. The van der Waals surface area contributed by atoms with E-state index in [-0.39, 0.29) is 36.4 Å². The monoisotopic (exact) mass is 444 g/mol. The summed E-state index contributed by atoms with van der Waals surface area (Å²) >= 11 is 0. The standard InChI is InChI=1S/C18H28N4O.HI/c1-3-21(14-16-9-5-4-6-10-16)17(23)12-20-18(19)22-11-7-8-15(2)13-22;/h4-6,9-10,15H,3,7-8,11-14H2,1-2H3,(H2,19,20);1H. The first-order chi connectivity index (χ1) is 11.1. The summed E-state index contributed by atoms with van der Waals surface area (Å²) in [5, 5.41) is 0. The van der Waals surface area contributed by atoms with Gasteiger partial charge in [-0.25, -0.2) is 4.99 Å². The molecule has 1 aliphatic heterocycles. The molecule has 0 radical (unpaired) electrons. The summed E-state index contributed by atoms with van der Waals surface area (Å²) in [6.45, 7) is 7.50. The lowest BCUT2D eigenvalue weighted by molar-refractivity contribution is -0.130. The van der Waals surface area contributed by atoms with E-state index in [0.29, 0.717) is 25.0 Å². The van der Waals surface area contributed by atoms with Crippen molar-refractivity contribution in [3.8, 4) is 0 Å². The molecule has 0 saturated carbocycles. The molecule has 1 unspecified atom stereocenters. The molecule has 24 heavy (non-hydrogen) atoms. The number of likely N-dealkylation sites (tertiary alicyclic amines) is 1. The van der Waals surface area contributed by atoms with E-state index in [2.05, 4.69) is 16.8 Å². The van der Waals surface area contributed by atoms with E-state index in [1.54, 1.807) is 0 Å². The van der Waals surface area contributed by atoms with Crippen LogP contribution in [0.15, 0.2) is 35.3 Å². The van der Waals surface area contributed by atoms with E-state index < -0.39 is 0 Å². The zero-order valence-electron chi connectivity index (χ0n) is 14.6. The molecule has 1 amide bonds. The first kappa shape index (κ1) is 20.7. The van der Waals surface area contributed by atoms with E-state index in [4.69, 9.17) is 5.73 Å². The van der Waals surface area contributed by atoms with E-state index >= 15 is 0 Å². The first-order valence-corrected chi connectivity index (χ1v) is 8.46. The molecular weight excluding hydrogens is 415 g/mol. The summed E-state index contributed by atoms with van der Waals surface area (Å²) in [7, 11) is 0. The number of nitrogens with two attached hydrogens (primary N) is 1. The lowest BCUT2D eigenvalue weighted by Gasteiger charge is -2.31. The molecule has 1 atom stereocenters. The number of hydrogen-bond donors (Lipinski definition) is 1. The van der Waals surface area contributed by atoms with Gasteiger partial charge >= 0.3 is 0 Å². The van der Waals surface area contributed by atoms with Crippen LogP contribution in [0.3, 0.4) is 0 Å². The van der Waals surface area contributed by atoms with Crippen molar-refractivity contribution in [1.82, 2.24) is 9.80 Å². The van der Waals surface area contributed by atoms with Gasteiger partial charge in [-0.3, -0.25) is 4.79 Å². The minimum atomic E-state index is 0. The van der Waals surface area contributed by atoms with Gasteiger partial charge in [-0.2, -0.15) is 0 Å². The molecule has 134 valence electrons. The Morgan fingerprint density at radius 3 is 2.71 bits per heavy atom. The third kappa shape index (κ3) is 6.30. The third-order valence-electron chi connectivity index (χ3n) is 4.31. The Morgan fingerprint density at radius 2 is 2.08 bits per heavy atom. The molecule has 0 bridgehead atoms. The van der Waals surface area contributed by atoms with Crippen LogP contribution >= 0.6 is 24.0 Å². The van der Waals surface area contributed by atoms with Crippen LogP contribution in [0.25, 0.3) is 0 Å². The van der Waals surface area contributed by atoms with Gasteiger partial charge in [-0.15, -0.1) is 24.0 Å². The second-order valence-corrected chi connectivity index (χ2v) is 6.26. The smallest absolute Gasteiger partial charge is 0.244 e. The van der Waals surface area contributed by atoms with Gasteiger partial charge in [0, 0.05) is 26.2 Å². The number of guanidine groups is 1. The number of hydrogen-bond acceptors (Lipinski definition) is 2. The minimum absolute atomic E-state index is 0. The van der Waals surface area contributed by atoms with Crippen molar-refractivity contribution in [3.63, 3.8) is 0 Å². The summed E-state index contributed by atoms with van der Waals surface area (Å²) in [5.74, 6) is 1.16. The Morgan fingerprint density at radius 1 is 1.38 bits per heavy atom. The zero-order valence-corrected chi connectivity index (χ0v) is 17.0. The van der Waals surface area contributed by atoms with Crippen molar-refractivity contribution in [2.75, 3.05) is 26.2 Å². The van der Waals surface area contributed by atoms with Crippen molar-refractivity contribution in [3.05, 3.63) is 35.9 Å². The Balaban J connectivity index is 0.00000288. The highest BCUT2D eigenvalue weighted by Gasteiger charge is 2.18. The molecule has 1 aliphatic rings. The number of piperidine rings is 1. The van der Waals surface area contributed by atoms with Crippen LogP contribution < -0.4 is 5.73 Å². The highest BCUT2D eigenvalue weighted by Crippen LogP contribution is 2.14. The van der Waals surface area contributed by atoms with Crippen LogP contribution in [0.1, 0.15) is 32.3 Å². The molecule has 1 fully saturated rings. The van der Waals surface area contributed by atoms with Gasteiger partial charge in [0.05, 0.1) is 0 Å². The van der Waals surface area contributed by atoms with E-state index in [9.17, 15) is 4.79 Å². The van der Waals surface area contributed by atoms with Gasteiger partial charge < -0.3 is 15.5 Å². The predicted molar refractivity (Wildman–Crippen MR) is 109 cm³/mol. The van der Waals surface area contributed by atoms with Crippen molar-refractivity contribution < 1.29 is 4.79 Å². The maximum Gasteiger partial charge on any atom is 0.244 e. The van der Waals surface area contributed by atoms with Crippen LogP contribution in [0.4, 0.5) is 0 Å². The van der Waals surface area contributed by atoms with Gasteiger partial charge in [-0.05, 0) is 31.2 Å². The molecule has 1 heterocycles. The van der Waals surface area contributed by atoms with Crippen LogP contribution in [-0.2, 0) is 11.3 Å². The van der Waals surface area contributed by atoms with Crippen molar-refractivity contribution in [2.45, 2.75) is 33.2 Å². The maximum atomic E-state index is 12.4. The van der Waals surface area contributed by atoms with E-state index in [0.717, 1.165) is 25.1 Å². The van der Waals surface area contributed by atoms with Crippen molar-refractivity contribution in [1.29, 1.82) is 0 Å². The molecular formula is C18H29IN4O. The lowest BCUT2D eigenvalue weighted by Crippen LogP contribution is -2.44. The molecule has 1 saturated heterocycles. The molecule has 2 rings (SSSR count). The number of carbonyl (C=O) groups excluding carboxylic acids is 1. The fraction of sp³-hybridized carbons (Fsp3) is 0.556.